The maximum absolute atomic E-state index is 12.4. The molecule has 1 aliphatic rings. The summed E-state index contributed by atoms with van der Waals surface area (Å²) in [6, 6.07) is 7.81. The van der Waals surface area contributed by atoms with Crippen molar-refractivity contribution in [1.29, 1.82) is 0 Å². The lowest BCUT2D eigenvalue weighted by molar-refractivity contribution is -0.139. The Hall–Kier alpha value is -1.10. The van der Waals surface area contributed by atoms with Crippen LogP contribution in [-0.2, 0) is 16.0 Å². The summed E-state index contributed by atoms with van der Waals surface area (Å²) in [5.41, 5.74) is 1.08. The molecule has 0 spiro atoms. The molecule has 22 heavy (non-hydrogen) atoms. The maximum Gasteiger partial charge on any atom is 0.236 e. The van der Waals surface area contributed by atoms with Gasteiger partial charge in [0.25, 0.3) is 0 Å². The first kappa shape index (κ1) is 17.3. The van der Waals surface area contributed by atoms with Gasteiger partial charge in [-0.15, -0.1) is 0 Å². The molecular weight excluding hydrogens is 300 g/mol. The van der Waals surface area contributed by atoms with Gasteiger partial charge in [-0.25, -0.2) is 0 Å². The minimum Gasteiger partial charge on any atom is -0.374 e. The quantitative estimate of drug-likeness (QED) is 0.806. The predicted octanol–water partition coefficient (Wildman–Crippen LogP) is 2.45. The van der Waals surface area contributed by atoms with Crippen LogP contribution in [0.1, 0.15) is 19.4 Å². The third kappa shape index (κ3) is 4.70. The number of hydrogen-bond acceptors (Lipinski definition) is 3. The number of ether oxygens (including phenoxy) is 1. The van der Waals surface area contributed by atoms with Crippen molar-refractivity contribution < 1.29 is 9.53 Å². The normalized spacial score (nSPS) is 18.7. The minimum absolute atomic E-state index is 0.0225. The van der Waals surface area contributed by atoms with Crippen LogP contribution in [-0.4, -0.2) is 61.1 Å². The molecule has 0 bridgehead atoms. The van der Waals surface area contributed by atoms with Crippen molar-refractivity contribution in [1.82, 2.24) is 9.80 Å². The minimum atomic E-state index is 0.0225. The number of likely N-dealkylation sites (N-methyl/N-ethyl adjacent to an activating group) is 1. The molecule has 1 fully saturated rings. The molecule has 0 saturated carbocycles. The molecule has 1 amide bonds. The highest BCUT2D eigenvalue weighted by molar-refractivity contribution is 6.31. The first-order chi connectivity index (χ1) is 10.6. The van der Waals surface area contributed by atoms with Crippen molar-refractivity contribution >= 4 is 17.5 Å². The van der Waals surface area contributed by atoms with Gasteiger partial charge in [-0.05, 0) is 24.7 Å². The van der Waals surface area contributed by atoms with E-state index in [1.807, 2.05) is 29.2 Å². The fraction of sp³-hybridized carbons (Fsp3) is 0.588. The molecule has 4 nitrogen and oxygen atoms in total. The topological polar surface area (TPSA) is 32.8 Å². The van der Waals surface area contributed by atoms with Crippen LogP contribution in [0.25, 0.3) is 0 Å². The van der Waals surface area contributed by atoms with Crippen LogP contribution >= 0.6 is 11.6 Å². The van der Waals surface area contributed by atoms with Crippen LogP contribution in [0.4, 0.5) is 0 Å². The molecule has 1 saturated heterocycles. The van der Waals surface area contributed by atoms with Gasteiger partial charge in [0.05, 0.1) is 19.3 Å². The highest BCUT2D eigenvalue weighted by Gasteiger charge is 2.25. The molecule has 0 N–H and O–H groups in total. The SMILES string of the molecule is CCN(CC)CC(=O)N1CCO[C@@H](Cc2ccccc2Cl)C1. The van der Waals surface area contributed by atoms with Gasteiger partial charge in [0, 0.05) is 24.5 Å². The Labute approximate surface area is 138 Å². The number of carbonyl (C=O) groups excluding carboxylic acids is 1. The van der Waals surface area contributed by atoms with Gasteiger partial charge in [0.15, 0.2) is 0 Å². The van der Waals surface area contributed by atoms with Crippen molar-refractivity contribution in [3.8, 4) is 0 Å². The Bertz CT molecular complexity index is 491. The Morgan fingerprint density at radius 2 is 2.09 bits per heavy atom. The number of hydrogen-bond donors (Lipinski definition) is 0. The third-order valence-corrected chi connectivity index (χ3v) is 4.52. The zero-order valence-corrected chi connectivity index (χ0v) is 14.2. The Morgan fingerprint density at radius 3 is 2.77 bits per heavy atom. The monoisotopic (exact) mass is 324 g/mol. The van der Waals surface area contributed by atoms with Crippen LogP contribution < -0.4 is 0 Å². The summed E-state index contributed by atoms with van der Waals surface area (Å²) in [6.07, 6.45) is 0.767. The van der Waals surface area contributed by atoms with E-state index in [-0.39, 0.29) is 12.0 Å². The number of rotatable bonds is 6. The summed E-state index contributed by atoms with van der Waals surface area (Å²) < 4.78 is 5.81. The molecule has 1 heterocycles. The first-order valence-electron chi connectivity index (χ1n) is 7.99. The van der Waals surface area contributed by atoms with E-state index < -0.39 is 0 Å². The highest BCUT2D eigenvalue weighted by Crippen LogP contribution is 2.19. The molecule has 1 aromatic rings. The van der Waals surface area contributed by atoms with E-state index in [4.69, 9.17) is 16.3 Å². The lowest BCUT2D eigenvalue weighted by Gasteiger charge is -2.34. The summed E-state index contributed by atoms with van der Waals surface area (Å²) in [4.78, 5) is 16.5. The molecule has 1 atom stereocenters. The summed E-state index contributed by atoms with van der Waals surface area (Å²) >= 11 is 6.21. The lowest BCUT2D eigenvalue weighted by atomic mass is 10.1. The number of carbonyl (C=O) groups is 1. The summed E-state index contributed by atoms with van der Waals surface area (Å²) in [5, 5.41) is 0.762. The Morgan fingerprint density at radius 1 is 1.36 bits per heavy atom. The van der Waals surface area contributed by atoms with Gasteiger partial charge in [0.2, 0.25) is 5.91 Å². The van der Waals surface area contributed by atoms with Crippen LogP contribution in [0, 0.1) is 0 Å². The molecule has 1 aliphatic heterocycles. The molecule has 5 heteroatoms. The van der Waals surface area contributed by atoms with Crippen molar-refractivity contribution in [2.45, 2.75) is 26.4 Å². The average molecular weight is 325 g/mol. The van der Waals surface area contributed by atoms with Crippen LogP contribution in [0.5, 0.6) is 0 Å². The van der Waals surface area contributed by atoms with E-state index in [2.05, 4.69) is 18.7 Å². The molecule has 1 aromatic carbocycles. The molecule has 122 valence electrons. The molecule has 0 aromatic heterocycles. The predicted molar refractivity (Wildman–Crippen MR) is 89.3 cm³/mol. The number of halogens is 1. The maximum atomic E-state index is 12.4. The van der Waals surface area contributed by atoms with E-state index in [1.54, 1.807) is 0 Å². The molecule has 0 radical (unpaired) electrons. The highest BCUT2D eigenvalue weighted by atomic mass is 35.5. The summed E-state index contributed by atoms with van der Waals surface area (Å²) in [6.45, 7) is 8.37. The fourth-order valence-electron chi connectivity index (χ4n) is 2.72. The van der Waals surface area contributed by atoms with Gasteiger partial charge in [-0.3, -0.25) is 9.69 Å². The largest absolute Gasteiger partial charge is 0.374 e. The van der Waals surface area contributed by atoms with Gasteiger partial charge in [0.1, 0.15) is 0 Å². The number of nitrogens with zero attached hydrogens (tertiary/aromatic N) is 2. The molecule has 0 unspecified atom stereocenters. The Kier molecular flexibility index (Phi) is 6.68. The lowest BCUT2D eigenvalue weighted by Crippen LogP contribution is -2.49. The van der Waals surface area contributed by atoms with Crippen molar-refractivity contribution in [3.63, 3.8) is 0 Å². The smallest absolute Gasteiger partial charge is 0.236 e. The van der Waals surface area contributed by atoms with Gasteiger partial charge in [-0.1, -0.05) is 43.6 Å². The fourth-order valence-corrected chi connectivity index (χ4v) is 2.93. The van der Waals surface area contributed by atoms with Crippen molar-refractivity contribution in [3.05, 3.63) is 34.9 Å². The average Bonchev–Trinajstić information content (AvgIpc) is 2.55. The molecular formula is C17H25ClN2O2. The summed E-state index contributed by atoms with van der Waals surface area (Å²) in [5.74, 6) is 0.191. The summed E-state index contributed by atoms with van der Waals surface area (Å²) in [7, 11) is 0. The number of morpholine rings is 1. The third-order valence-electron chi connectivity index (χ3n) is 4.15. The van der Waals surface area contributed by atoms with Gasteiger partial charge < -0.3 is 9.64 Å². The molecule has 2 rings (SSSR count). The van der Waals surface area contributed by atoms with E-state index >= 15 is 0 Å². The van der Waals surface area contributed by atoms with E-state index in [0.717, 1.165) is 30.1 Å². The van der Waals surface area contributed by atoms with Crippen molar-refractivity contribution in [2.75, 3.05) is 39.3 Å². The van der Waals surface area contributed by atoms with E-state index in [1.165, 1.54) is 0 Å². The zero-order chi connectivity index (χ0) is 15.9. The number of benzene rings is 1. The van der Waals surface area contributed by atoms with E-state index in [0.29, 0.717) is 26.2 Å². The van der Waals surface area contributed by atoms with Crippen LogP contribution in [0.15, 0.2) is 24.3 Å². The molecule has 0 aliphatic carbocycles. The Balaban J connectivity index is 1.91. The van der Waals surface area contributed by atoms with Crippen LogP contribution in [0.2, 0.25) is 5.02 Å². The second-order valence-electron chi connectivity index (χ2n) is 5.59. The van der Waals surface area contributed by atoms with Gasteiger partial charge >= 0.3 is 0 Å². The van der Waals surface area contributed by atoms with Crippen molar-refractivity contribution in [2.24, 2.45) is 0 Å². The van der Waals surface area contributed by atoms with Gasteiger partial charge in [-0.2, -0.15) is 0 Å². The standard InChI is InChI=1S/C17H25ClN2O2/c1-3-19(4-2)13-17(21)20-9-10-22-15(12-20)11-14-7-5-6-8-16(14)18/h5-8,15H,3-4,9-13H2,1-2H3/t15-/m0/s1. The van der Waals surface area contributed by atoms with Crippen LogP contribution in [0.3, 0.4) is 0 Å². The zero-order valence-electron chi connectivity index (χ0n) is 13.4. The second-order valence-corrected chi connectivity index (χ2v) is 6.00. The second kappa shape index (κ2) is 8.51. The van der Waals surface area contributed by atoms with E-state index in [9.17, 15) is 4.79 Å². The first-order valence-corrected chi connectivity index (χ1v) is 8.37. The number of amides is 1.